The molecule has 2 N–H and O–H groups in total. The highest BCUT2D eigenvalue weighted by Crippen LogP contribution is 2.31. The van der Waals surface area contributed by atoms with E-state index in [9.17, 15) is 5.11 Å². The van der Waals surface area contributed by atoms with Crippen LogP contribution in [-0.2, 0) is 0 Å². The average molecular weight is 356 g/mol. The molecule has 4 rings (SSSR count). The first kappa shape index (κ1) is 17.5. The van der Waals surface area contributed by atoms with Crippen molar-refractivity contribution in [2.75, 3.05) is 13.6 Å². The molecule has 3 aromatic carbocycles. The second-order valence-corrected chi connectivity index (χ2v) is 6.84. The zero-order valence-corrected chi connectivity index (χ0v) is 15.4. The topological polar surface area (TPSA) is 37.2 Å². The summed E-state index contributed by atoms with van der Waals surface area (Å²) in [6.07, 6.45) is 1.55. The summed E-state index contributed by atoms with van der Waals surface area (Å²) in [7, 11) is 1.87. The van der Waals surface area contributed by atoms with Crippen LogP contribution >= 0.6 is 0 Å². The number of aromatic nitrogens is 1. The van der Waals surface area contributed by atoms with E-state index >= 15 is 0 Å². The molecule has 2 atom stereocenters. The lowest BCUT2D eigenvalue weighted by Gasteiger charge is -2.26. The monoisotopic (exact) mass is 356 g/mol. The van der Waals surface area contributed by atoms with E-state index in [0.29, 0.717) is 6.54 Å². The van der Waals surface area contributed by atoms with Crippen molar-refractivity contribution in [2.24, 2.45) is 0 Å². The maximum absolute atomic E-state index is 10.9. The lowest BCUT2D eigenvalue weighted by atomic mass is 10.00. The molecule has 4 aromatic rings. The van der Waals surface area contributed by atoms with Gasteiger partial charge in [-0.05, 0) is 41.3 Å². The van der Waals surface area contributed by atoms with Crippen LogP contribution in [0.15, 0.2) is 91.1 Å². The SMILES string of the molecule is CNC[C@@H](O)[C@H](c1ccccc1)n1ccc2ccc(-c3ccccc3)cc21. The first-order chi connectivity index (χ1) is 13.3. The largest absolute Gasteiger partial charge is 0.389 e. The molecule has 0 bridgehead atoms. The second kappa shape index (κ2) is 7.78. The molecule has 0 aliphatic carbocycles. The van der Waals surface area contributed by atoms with Crippen molar-refractivity contribution < 1.29 is 5.11 Å². The highest BCUT2D eigenvalue weighted by atomic mass is 16.3. The number of likely N-dealkylation sites (N-methyl/N-ethyl adjacent to an activating group) is 1. The van der Waals surface area contributed by atoms with Crippen LogP contribution in [0.5, 0.6) is 0 Å². The number of rotatable bonds is 6. The summed E-state index contributed by atoms with van der Waals surface area (Å²) < 4.78 is 2.19. The summed E-state index contributed by atoms with van der Waals surface area (Å²) in [4.78, 5) is 0. The molecule has 0 spiro atoms. The second-order valence-electron chi connectivity index (χ2n) is 6.84. The fraction of sp³-hybridized carbons (Fsp3) is 0.167. The highest BCUT2D eigenvalue weighted by Gasteiger charge is 2.23. The predicted octanol–water partition coefficient (Wildman–Crippen LogP) is 4.48. The molecular formula is C24H24N2O. The first-order valence-electron chi connectivity index (χ1n) is 9.31. The molecule has 0 saturated heterocycles. The quantitative estimate of drug-likeness (QED) is 0.534. The Morgan fingerprint density at radius 1 is 0.852 bits per heavy atom. The van der Waals surface area contributed by atoms with Crippen molar-refractivity contribution in [1.82, 2.24) is 9.88 Å². The number of benzene rings is 3. The Balaban J connectivity index is 1.85. The highest BCUT2D eigenvalue weighted by molar-refractivity contribution is 5.85. The zero-order chi connectivity index (χ0) is 18.6. The van der Waals surface area contributed by atoms with Crippen molar-refractivity contribution in [2.45, 2.75) is 12.1 Å². The molecule has 0 amide bonds. The first-order valence-corrected chi connectivity index (χ1v) is 9.31. The van der Waals surface area contributed by atoms with Gasteiger partial charge in [-0.2, -0.15) is 0 Å². The van der Waals surface area contributed by atoms with Gasteiger partial charge in [0.2, 0.25) is 0 Å². The van der Waals surface area contributed by atoms with Gasteiger partial charge in [0.05, 0.1) is 12.1 Å². The van der Waals surface area contributed by atoms with E-state index in [4.69, 9.17) is 0 Å². The van der Waals surface area contributed by atoms with Gasteiger partial charge in [0.1, 0.15) is 0 Å². The molecule has 27 heavy (non-hydrogen) atoms. The molecular weight excluding hydrogens is 332 g/mol. The van der Waals surface area contributed by atoms with Gasteiger partial charge in [0, 0.05) is 18.3 Å². The van der Waals surface area contributed by atoms with Gasteiger partial charge in [-0.3, -0.25) is 0 Å². The van der Waals surface area contributed by atoms with Gasteiger partial charge in [0.15, 0.2) is 0 Å². The molecule has 0 aliphatic rings. The standard InChI is InChI=1S/C24H24N2O/c1-25-17-23(27)24(20-10-6-3-7-11-20)26-15-14-19-12-13-21(16-22(19)26)18-8-4-2-5-9-18/h2-16,23-25,27H,17H2,1H3/t23-,24+/m1/s1. The number of fused-ring (bicyclic) bond motifs is 1. The van der Waals surface area contributed by atoms with E-state index in [2.05, 4.69) is 76.7 Å². The van der Waals surface area contributed by atoms with E-state index in [1.165, 1.54) is 16.5 Å². The van der Waals surface area contributed by atoms with Gasteiger partial charge in [0.25, 0.3) is 0 Å². The Labute approximate surface area is 159 Å². The minimum atomic E-state index is -0.534. The summed E-state index contributed by atoms with van der Waals surface area (Å²) in [6, 6.07) is 29.1. The lowest BCUT2D eigenvalue weighted by molar-refractivity contribution is 0.132. The molecule has 1 aromatic heterocycles. The fourth-order valence-electron chi connectivity index (χ4n) is 3.74. The third-order valence-corrected chi connectivity index (χ3v) is 5.05. The van der Waals surface area contributed by atoms with Gasteiger partial charge < -0.3 is 15.0 Å². The molecule has 3 nitrogen and oxygen atoms in total. The van der Waals surface area contributed by atoms with Crippen LogP contribution < -0.4 is 5.32 Å². The number of hydrogen-bond acceptors (Lipinski definition) is 2. The molecule has 0 unspecified atom stereocenters. The molecule has 1 heterocycles. The van der Waals surface area contributed by atoms with Crippen molar-refractivity contribution in [3.63, 3.8) is 0 Å². The summed E-state index contributed by atoms with van der Waals surface area (Å²) in [5.41, 5.74) is 4.60. The third kappa shape index (κ3) is 3.52. The van der Waals surface area contributed by atoms with Crippen LogP contribution in [0, 0.1) is 0 Å². The van der Waals surface area contributed by atoms with Gasteiger partial charge in [-0.1, -0.05) is 72.8 Å². The number of hydrogen-bond donors (Lipinski definition) is 2. The number of nitrogens with zero attached hydrogens (tertiary/aromatic N) is 1. The van der Waals surface area contributed by atoms with E-state index in [0.717, 1.165) is 11.1 Å². The van der Waals surface area contributed by atoms with E-state index in [1.807, 2.05) is 31.3 Å². The summed E-state index contributed by atoms with van der Waals surface area (Å²) in [5, 5.41) is 15.2. The van der Waals surface area contributed by atoms with Crippen molar-refractivity contribution in [3.8, 4) is 11.1 Å². The summed E-state index contributed by atoms with van der Waals surface area (Å²) in [5.74, 6) is 0. The predicted molar refractivity (Wildman–Crippen MR) is 112 cm³/mol. The van der Waals surface area contributed by atoms with Crippen LogP contribution in [0.1, 0.15) is 11.6 Å². The minimum absolute atomic E-state index is 0.151. The van der Waals surface area contributed by atoms with Crippen molar-refractivity contribution >= 4 is 10.9 Å². The Morgan fingerprint density at radius 3 is 2.26 bits per heavy atom. The normalized spacial score (nSPS) is 13.6. The van der Waals surface area contributed by atoms with Crippen LogP contribution in [0.4, 0.5) is 0 Å². The van der Waals surface area contributed by atoms with Crippen molar-refractivity contribution in [3.05, 3.63) is 96.7 Å². The van der Waals surface area contributed by atoms with Crippen molar-refractivity contribution in [1.29, 1.82) is 0 Å². The van der Waals surface area contributed by atoms with Crippen LogP contribution in [-0.4, -0.2) is 29.4 Å². The van der Waals surface area contributed by atoms with Gasteiger partial charge in [-0.25, -0.2) is 0 Å². The Bertz CT molecular complexity index is 1010. The number of aliphatic hydroxyl groups is 1. The molecule has 0 aliphatic heterocycles. The average Bonchev–Trinajstić information content (AvgIpc) is 3.13. The number of aliphatic hydroxyl groups excluding tert-OH is 1. The van der Waals surface area contributed by atoms with Gasteiger partial charge in [-0.15, -0.1) is 0 Å². The van der Waals surface area contributed by atoms with E-state index in [-0.39, 0.29) is 6.04 Å². The molecule has 3 heteroatoms. The van der Waals surface area contributed by atoms with Gasteiger partial charge >= 0.3 is 0 Å². The Hall–Kier alpha value is -2.88. The van der Waals surface area contributed by atoms with E-state index in [1.54, 1.807) is 0 Å². The smallest absolute Gasteiger partial charge is 0.0912 e. The maximum Gasteiger partial charge on any atom is 0.0912 e. The summed E-state index contributed by atoms with van der Waals surface area (Å²) >= 11 is 0. The van der Waals surface area contributed by atoms with Crippen LogP contribution in [0.25, 0.3) is 22.0 Å². The maximum atomic E-state index is 10.9. The minimum Gasteiger partial charge on any atom is -0.389 e. The molecule has 0 radical (unpaired) electrons. The Morgan fingerprint density at radius 2 is 1.56 bits per heavy atom. The lowest BCUT2D eigenvalue weighted by Crippen LogP contribution is -2.33. The third-order valence-electron chi connectivity index (χ3n) is 5.05. The molecule has 0 saturated carbocycles. The number of nitrogens with one attached hydrogen (secondary N) is 1. The summed E-state index contributed by atoms with van der Waals surface area (Å²) in [6.45, 7) is 0.525. The molecule has 0 fully saturated rings. The van der Waals surface area contributed by atoms with E-state index < -0.39 is 6.10 Å². The van der Waals surface area contributed by atoms with Crippen LogP contribution in [0.3, 0.4) is 0 Å². The zero-order valence-electron chi connectivity index (χ0n) is 15.4. The fourth-order valence-corrected chi connectivity index (χ4v) is 3.74. The molecule has 136 valence electrons. The Kier molecular flexibility index (Phi) is 5.05. The van der Waals surface area contributed by atoms with Crippen LogP contribution in [0.2, 0.25) is 0 Å².